The third kappa shape index (κ3) is 4.16. The summed E-state index contributed by atoms with van der Waals surface area (Å²) in [5.41, 5.74) is 3.20. The van der Waals surface area contributed by atoms with Crippen molar-refractivity contribution in [2.75, 3.05) is 0 Å². The van der Waals surface area contributed by atoms with E-state index in [0.717, 1.165) is 44.7 Å². The van der Waals surface area contributed by atoms with Crippen LogP contribution in [0.5, 0.6) is 0 Å². The van der Waals surface area contributed by atoms with Gasteiger partial charge in [0.15, 0.2) is 8.07 Å². The topological polar surface area (TPSA) is 25.8 Å². The van der Waals surface area contributed by atoms with Crippen LogP contribution in [-0.2, 0) is 0 Å². The van der Waals surface area contributed by atoms with Crippen LogP contribution in [0.1, 0.15) is 18.0 Å². The van der Waals surface area contributed by atoms with Gasteiger partial charge >= 0.3 is 0 Å². The van der Waals surface area contributed by atoms with Gasteiger partial charge in [-0.05, 0) is 39.3 Å². The summed E-state index contributed by atoms with van der Waals surface area (Å²) in [5, 5.41) is 10.2. The van der Waals surface area contributed by atoms with Gasteiger partial charge in [0.2, 0.25) is 0 Å². The Morgan fingerprint density at radius 1 is 0.512 bits per heavy atom. The fourth-order valence-electron chi connectivity index (χ4n) is 7.04. The lowest BCUT2D eigenvalue weighted by atomic mass is 9.94. The van der Waals surface area contributed by atoms with Gasteiger partial charge in [0.05, 0.1) is 11.0 Å². The summed E-state index contributed by atoms with van der Waals surface area (Å²) in [7, 11) is -2.59. The van der Waals surface area contributed by atoms with Crippen LogP contribution in [-0.4, -0.2) is 18.0 Å². The third-order valence-corrected chi connectivity index (χ3v) is 13.8. The highest BCUT2D eigenvalue weighted by Crippen LogP contribution is 2.36. The fraction of sp³-hybridized carbons (Fsp3) is 0.0500. The Labute approximate surface area is 252 Å². The van der Waals surface area contributed by atoms with Gasteiger partial charge in [-0.15, -0.1) is 0 Å². The Morgan fingerprint density at radius 2 is 1.02 bits per heavy atom. The second-order valence-electron chi connectivity index (χ2n) is 11.3. The number of allylic oxidation sites excluding steroid dienone is 4. The molecule has 43 heavy (non-hydrogen) atoms. The van der Waals surface area contributed by atoms with Crippen LogP contribution in [0.25, 0.3) is 32.6 Å². The van der Waals surface area contributed by atoms with Crippen molar-refractivity contribution in [1.29, 1.82) is 0 Å². The maximum Gasteiger partial charge on any atom is 0.179 e. The molecule has 204 valence electrons. The Bertz CT molecular complexity index is 2020. The van der Waals surface area contributed by atoms with Crippen molar-refractivity contribution in [3.63, 3.8) is 0 Å². The molecule has 0 fully saturated rings. The van der Waals surface area contributed by atoms with E-state index in [1.807, 2.05) is 12.3 Å². The zero-order valence-electron chi connectivity index (χ0n) is 23.8. The number of pyridine rings is 2. The summed E-state index contributed by atoms with van der Waals surface area (Å²) >= 11 is 0. The maximum atomic E-state index is 5.42. The Kier molecular flexibility index (Phi) is 6.31. The fourth-order valence-corrected chi connectivity index (χ4v) is 11.9. The van der Waals surface area contributed by atoms with Crippen molar-refractivity contribution < 1.29 is 0 Å². The Hall–Kier alpha value is -5.12. The number of nitrogens with zero attached hydrogens (tertiary/aromatic N) is 2. The van der Waals surface area contributed by atoms with E-state index in [1.165, 1.54) is 20.8 Å². The molecule has 0 spiro atoms. The molecule has 0 saturated carbocycles. The highest BCUT2D eigenvalue weighted by atomic mass is 28.3. The second kappa shape index (κ2) is 10.6. The third-order valence-electron chi connectivity index (χ3n) is 8.95. The molecule has 2 heterocycles. The summed E-state index contributed by atoms with van der Waals surface area (Å²) in [5.74, 6) is 0.177. The van der Waals surface area contributed by atoms with E-state index in [9.17, 15) is 0 Å². The molecule has 2 nitrogen and oxygen atoms in total. The molecule has 0 N–H and O–H groups in total. The van der Waals surface area contributed by atoms with E-state index in [-0.39, 0.29) is 5.92 Å². The minimum Gasteiger partial charge on any atom is -0.256 e. The van der Waals surface area contributed by atoms with Crippen LogP contribution in [0.15, 0.2) is 169 Å². The lowest BCUT2D eigenvalue weighted by Gasteiger charge is -2.37. The van der Waals surface area contributed by atoms with Gasteiger partial charge in [0.1, 0.15) is 0 Å². The molecule has 1 unspecified atom stereocenters. The molecule has 1 aliphatic carbocycles. The maximum absolute atomic E-state index is 5.42. The van der Waals surface area contributed by atoms with Gasteiger partial charge < -0.3 is 0 Å². The first-order valence-electron chi connectivity index (χ1n) is 15.0. The lowest BCUT2D eigenvalue weighted by molar-refractivity contribution is 0.819. The van der Waals surface area contributed by atoms with Crippen LogP contribution in [0.3, 0.4) is 0 Å². The molecule has 1 atom stereocenters. The van der Waals surface area contributed by atoms with Crippen LogP contribution in [0, 0.1) is 0 Å². The first kappa shape index (κ1) is 25.6. The summed E-state index contributed by atoms with van der Waals surface area (Å²) in [6.45, 7) is 0. The lowest BCUT2D eigenvalue weighted by Crippen LogP contribution is -2.68. The molecule has 0 aliphatic heterocycles. The molecular weight excluding hydrogens is 537 g/mol. The smallest absolute Gasteiger partial charge is 0.179 e. The van der Waals surface area contributed by atoms with E-state index >= 15 is 0 Å². The molecule has 5 aromatic carbocycles. The standard InChI is InChI=1S/C40H30N2Si/c1-4-15-30(16-5-1)43(31-17-6-2-7-18-31,32-19-8-3-9-20-32)33-21-12-14-29(28-33)38-26-25-37-35-24-13-27-41-39(35)34-22-10-11-23-36(34)40(37)42-38/h1-13,15-29H,14H2. The molecule has 0 bridgehead atoms. The van der Waals surface area contributed by atoms with Crippen LogP contribution < -0.4 is 15.6 Å². The molecule has 0 radical (unpaired) electrons. The van der Waals surface area contributed by atoms with Gasteiger partial charge in [-0.25, -0.2) is 0 Å². The van der Waals surface area contributed by atoms with Crippen LogP contribution >= 0.6 is 0 Å². The van der Waals surface area contributed by atoms with Crippen molar-refractivity contribution in [1.82, 2.24) is 9.97 Å². The predicted octanol–water partition coefficient (Wildman–Crippen LogP) is 7.62. The van der Waals surface area contributed by atoms with Gasteiger partial charge in [0.25, 0.3) is 0 Å². The summed E-state index contributed by atoms with van der Waals surface area (Å²) in [6.07, 6.45) is 10.1. The summed E-state index contributed by atoms with van der Waals surface area (Å²) in [4.78, 5) is 10.2. The number of benzene rings is 5. The number of fused-ring (bicyclic) bond motifs is 6. The molecule has 2 aromatic heterocycles. The molecular formula is C40H30N2Si. The largest absolute Gasteiger partial charge is 0.256 e. The highest BCUT2D eigenvalue weighted by molar-refractivity contribution is 7.16. The summed E-state index contributed by atoms with van der Waals surface area (Å²) < 4.78 is 0. The molecule has 7 aromatic rings. The average molecular weight is 567 g/mol. The van der Waals surface area contributed by atoms with E-state index in [2.05, 4.69) is 152 Å². The minimum absolute atomic E-state index is 0.177. The predicted molar refractivity (Wildman–Crippen MR) is 183 cm³/mol. The van der Waals surface area contributed by atoms with Gasteiger partial charge in [-0.3, -0.25) is 9.97 Å². The number of rotatable bonds is 5. The summed E-state index contributed by atoms with van der Waals surface area (Å²) in [6, 6.07) is 50.6. The van der Waals surface area contributed by atoms with Crippen molar-refractivity contribution in [3.8, 4) is 0 Å². The normalized spacial score (nSPS) is 15.2. The quantitative estimate of drug-likeness (QED) is 0.122. The van der Waals surface area contributed by atoms with Crippen molar-refractivity contribution in [2.24, 2.45) is 0 Å². The van der Waals surface area contributed by atoms with E-state index in [4.69, 9.17) is 9.97 Å². The zero-order valence-corrected chi connectivity index (χ0v) is 24.8. The first-order valence-corrected chi connectivity index (χ1v) is 17.0. The Balaban J connectivity index is 1.36. The van der Waals surface area contributed by atoms with E-state index < -0.39 is 8.07 Å². The second-order valence-corrected chi connectivity index (χ2v) is 15.1. The van der Waals surface area contributed by atoms with Crippen molar-refractivity contribution >= 4 is 56.2 Å². The highest BCUT2D eigenvalue weighted by Gasteiger charge is 2.42. The van der Waals surface area contributed by atoms with Gasteiger partial charge in [-0.2, -0.15) is 0 Å². The average Bonchev–Trinajstić information content (AvgIpc) is 3.10. The number of hydrogen-bond donors (Lipinski definition) is 0. The van der Waals surface area contributed by atoms with E-state index in [0.29, 0.717) is 0 Å². The van der Waals surface area contributed by atoms with Gasteiger partial charge in [0, 0.05) is 39.4 Å². The molecule has 0 amide bonds. The number of hydrogen-bond acceptors (Lipinski definition) is 2. The first-order chi connectivity index (χ1) is 21.3. The van der Waals surface area contributed by atoms with Crippen LogP contribution in [0.2, 0.25) is 0 Å². The van der Waals surface area contributed by atoms with Crippen LogP contribution in [0.4, 0.5) is 0 Å². The molecule has 0 saturated heterocycles. The van der Waals surface area contributed by atoms with Crippen molar-refractivity contribution in [2.45, 2.75) is 12.3 Å². The minimum atomic E-state index is -2.59. The molecule has 8 rings (SSSR count). The Morgan fingerprint density at radius 3 is 1.63 bits per heavy atom. The monoisotopic (exact) mass is 566 g/mol. The molecule has 1 aliphatic rings. The SMILES string of the molecule is C1=CC([Si](c2ccccc2)(c2ccccc2)c2ccccc2)=CC(c2ccc3c4cccnc4c4ccccc4c3n2)C1. The number of aromatic nitrogens is 2. The molecule has 3 heteroatoms. The van der Waals surface area contributed by atoms with Crippen molar-refractivity contribution in [3.05, 3.63) is 175 Å². The van der Waals surface area contributed by atoms with E-state index in [1.54, 1.807) is 0 Å². The zero-order chi connectivity index (χ0) is 28.6. The van der Waals surface area contributed by atoms with Gasteiger partial charge in [-0.1, -0.05) is 146 Å².